The normalized spacial score (nSPS) is 12.3. The second kappa shape index (κ2) is 8.91. The molecule has 0 aliphatic carbocycles. The van der Waals surface area contributed by atoms with Gasteiger partial charge in [-0.15, -0.1) is 11.3 Å². The molecule has 212 valence electrons. The van der Waals surface area contributed by atoms with Crippen LogP contribution < -0.4 is 0 Å². The van der Waals surface area contributed by atoms with E-state index < -0.39 is 0 Å². The van der Waals surface area contributed by atoms with Crippen molar-refractivity contribution in [3.05, 3.63) is 146 Å². The van der Waals surface area contributed by atoms with Gasteiger partial charge in [0.25, 0.3) is 0 Å². The van der Waals surface area contributed by atoms with Crippen LogP contribution in [0.2, 0.25) is 0 Å². The molecule has 11 aromatic rings. The number of rotatable bonds is 1. The van der Waals surface area contributed by atoms with E-state index in [0.717, 1.165) is 16.7 Å². The zero-order valence-corrected chi connectivity index (χ0v) is 25.5. The second-order valence-electron chi connectivity index (χ2n) is 12.2. The lowest BCUT2D eigenvalue weighted by atomic mass is 9.88. The highest BCUT2D eigenvalue weighted by Gasteiger charge is 2.24. The molecule has 0 radical (unpaired) electrons. The van der Waals surface area contributed by atoms with E-state index in [1.807, 2.05) is 11.3 Å². The maximum Gasteiger partial charge on any atom is 0.146 e. The smallest absolute Gasteiger partial charge is 0.146 e. The minimum Gasteiger partial charge on any atom is -0.293 e. The first-order chi connectivity index (χ1) is 22.9. The van der Waals surface area contributed by atoms with Crippen molar-refractivity contribution in [3.63, 3.8) is 0 Å². The molecular weight excluding hydrogens is 577 g/mol. The van der Waals surface area contributed by atoms with Crippen LogP contribution in [0.1, 0.15) is 0 Å². The van der Waals surface area contributed by atoms with Crippen molar-refractivity contribution in [1.29, 1.82) is 0 Å². The number of nitrogens with zero attached hydrogens (tertiary/aromatic N) is 2. The fourth-order valence-corrected chi connectivity index (χ4v) is 9.28. The SMILES string of the molecule is c1ccc2c(c1)sc1c3ccccc3c(-n3c4ccccc4c4c5c6ccccc6c6ccccc6c5c5ccccc5c43)nc21. The Labute approximate surface area is 267 Å². The molecule has 0 bridgehead atoms. The zero-order chi connectivity index (χ0) is 29.9. The first-order valence-corrected chi connectivity index (χ1v) is 16.6. The minimum absolute atomic E-state index is 0.979. The summed E-state index contributed by atoms with van der Waals surface area (Å²) in [5, 5.41) is 16.4. The van der Waals surface area contributed by atoms with Gasteiger partial charge in [0.15, 0.2) is 0 Å². The number of hydrogen-bond acceptors (Lipinski definition) is 2. The van der Waals surface area contributed by atoms with Gasteiger partial charge in [-0.25, -0.2) is 4.98 Å². The lowest BCUT2D eigenvalue weighted by Crippen LogP contribution is -2.00. The third-order valence-corrected chi connectivity index (χ3v) is 11.1. The molecule has 3 heterocycles. The highest BCUT2D eigenvalue weighted by Crippen LogP contribution is 2.48. The molecule has 8 aromatic carbocycles. The molecule has 0 unspecified atom stereocenters. The molecule has 3 aromatic heterocycles. The van der Waals surface area contributed by atoms with Crippen molar-refractivity contribution in [3.8, 4) is 5.82 Å². The summed E-state index contributed by atoms with van der Waals surface area (Å²) in [5.74, 6) is 0.979. The van der Waals surface area contributed by atoms with Crippen LogP contribution >= 0.6 is 11.3 Å². The van der Waals surface area contributed by atoms with Gasteiger partial charge in [0.1, 0.15) is 5.82 Å². The molecule has 0 aliphatic rings. The van der Waals surface area contributed by atoms with E-state index in [9.17, 15) is 0 Å². The van der Waals surface area contributed by atoms with Crippen molar-refractivity contribution in [2.45, 2.75) is 0 Å². The fourth-order valence-electron chi connectivity index (χ4n) is 8.09. The number of pyridine rings is 1. The summed E-state index contributed by atoms with van der Waals surface area (Å²) in [7, 11) is 0. The van der Waals surface area contributed by atoms with E-state index in [4.69, 9.17) is 4.98 Å². The molecule has 0 aliphatic heterocycles. The number of hydrogen-bond donors (Lipinski definition) is 0. The van der Waals surface area contributed by atoms with Gasteiger partial charge in [-0.1, -0.05) is 133 Å². The summed E-state index contributed by atoms with van der Waals surface area (Å²) in [5.41, 5.74) is 3.45. The summed E-state index contributed by atoms with van der Waals surface area (Å²) in [4.78, 5) is 5.61. The Bertz CT molecular complexity index is 3090. The van der Waals surface area contributed by atoms with Crippen LogP contribution in [0.15, 0.2) is 146 Å². The van der Waals surface area contributed by atoms with Crippen LogP contribution in [-0.4, -0.2) is 9.55 Å². The van der Waals surface area contributed by atoms with E-state index in [2.05, 4.69) is 150 Å². The third-order valence-electron chi connectivity index (χ3n) is 9.92. The van der Waals surface area contributed by atoms with Crippen LogP contribution in [0.25, 0.3) is 102 Å². The largest absolute Gasteiger partial charge is 0.293 e. The van der Waals surface area contributed by atoms with Crippen molar-refractivity contribution in [2.75, 3.05) is 0 Å². The van der Waals surface area contributed by atoms with Gasteiger partial charge in [-0.2, -0.15) is 0 Å². The Kier molecular flexibility index (Phi) is 4.75. The van der Waals surface area contributed by atoms with Gasteiger partial charge in [-0.3, -0.25) is 4.57 Å². The van der Waals surface area contributed by atoms with Gasteiger partial charge < -0.3 is 0 Å². The number of fused-ring (bicyclic) bond motifs is 18. The van der Waals surface area contributed by atoms with E-state index >= 15 is 0 Å². The lowest BCUT2D eigenvalue weighted by Gasteiger charge is -2.17. The highest BCUT2D eigenvalue weighted by atomic mass is 32.1. The molecule has 11 rings (SSSR count). The summed E-state index contributed by atoms with van der Waals surface area (Å²) >= 11 is 1.84. The van der Waals surface area contributed by atoms with Crippen molar-refractivity contribution in [2.24, 2.45) is 0 Å². The van der Waals surface area contributed by atoms with Crippen molar-refractivity contribution in [1.82, 2.24) is 9.55 Å². The summed E-state index contributed by atoms with van der Waals surface area (Å²) < 4.78 is 4.98. The molecule has 0 spiro atoms. The molecule has 0 saturated heterocycles. The molecule has 0 saturated carbocycles. The van der Waals surface area contributed by atoms with Crippen LogP contribution in [-0.2, 0) is 0 Å². The topological polar surface area (TPSA) is 17.8 Å². The van der Waals surface area contributed by atoms with Crippen LogP contribution in [0, 0.1) is 0 Å². The Morgan fingerprint density at radius 2 is 0.891 bits per heavy atom. The monoisotopic (exact) mass is 600 g/mol. The van der Waals surface area contributed by atoms with Gasteiger partial charge in [-0.05, 0) is 44.5 Å². The molecule has 46 heavy (non-hydrogen) atoms. The molecule has 2 nitrogen and oxygen atoms in total. The zero-order valence-electron chi connectivity index (χ0n) is 24.7. The molecule has 0 fully saturated rings. The maximum atomic E-state index is 5.61. The average molecular weight is 601 g/mol. The number of thiophene rings is 1. The van der Waals surface area contributed by atoms with E-state index in [1.165, 1.54) is 85.1 Å². The van der Waals surface area contributed by atoms with E-state index in [-0.39, 0.29) is 0 Å². The number of para-hydroxylation sites is 1. The fraction of sp³-hybridized carbons (Fsp3) is 0. The standard InChI is InChI=1S/C43H24N2S/c1-3-15-27-25(13-1)26-14-2-4-16-28(26)38-37(27)29-17-5-6-18-30(29)41-39(38)33-21-9-11-23-35(33)45(41)43-32-20-8-7-19-31(32)42-40(44-43)34-22-10-12-24-36(34)46-42/h1-24H. The van der Waals surface area contributed by atoms with E-state index in [1.54, 1.807) is 0 Å². The Morgan fingerprint density at radius 1 is 0.391 bits per heavy atom. The van der Waals surface area contributed by atoms with Gasteiger partial charge >= 0.3 is 0 Å². The average Bonchev–Trinajstić information content (AvgIpc) is 3.67. The maximum absolute atomic E-state index is 5.61. The predicted octanol–water partition coefficient (Wildman–Crippen LogP) is 12.3. The molecule has 0 N–H and O–H groups in total. The van der Waals surface area contributed by atoms with Gasteiger partial charge in [0.2, 0.25) is 0 Å². The van der Waals surface area contributed by atoms with Crippen molar-refractivity contribution >= 4 is 107 Å². The molecule has 0 amide bonds. The lowest BCUT2D eigenvalue weighted by molar-refractivity contribution is 1.13. The highest BCUT2D eigenvalue weighted by molar-refractivity contribution is 7.26. The summed E-state index contributed by atoms with van der Waals surface area (Å²) in [6, 6.07) is 53.2. The molecular formula is C43H24N2S. The number of aromatic nitrogens is 2. The third kappa shape index (κ3) is 3.03. The van der Waals surface area contributed by atoms with Crippen LogP contribution in [0.5, 0.6) is 0 Å². The Morgan fingerprint density at radius 3 is 1.61 bits per heavy atom. The Hall–Kier alpha value is -5.77. The first-order valence-electron chi connectivity index (χ1n) is 15.7. The van der Waals surface area contributed by atoms with Gasteiger partial charge in [0.05, 0.1) is 21.3 Å². The second-order valence-corrected chi connectivity index (χ2v) is 13.3. The van der Waals surface area contributed by atoms with Gasteiger partial charge in [0, 0.05) is 42.4 Å². The summed E-state index contributed by atoms with van der Waals surface area (Å²) in [6.45, 7) is 0. The minimum atomic E-state index is 0.979. The number of benzene rings is 8. The molecule has 3 heteroatoms. The quantitative estimate of drug-likeness (QED) is 0.171. The first kappa shape index (κ1) is 24.5. The van der Waals surface area contributed by atoms with Crippen LogP contribution in [0.4, 0.5) is 0 Å². The van der Waals surface area contributed by atoms with E-state index in [0.29, 0.717) is 0 Å². The Balaban J connectivity index is 1.47. The van der Waals surface area contributed by atoms with Crippen LogP contribution in [0.3, 0.4) is 0 Å². The van der Waals surface area contributed by atoms with Crippen molar-refractivity contribution < 1.29 is 0 Å². The summed E-state index contributed by atoms with van der Waals surface area (Å²) in [6.07, 6.45) is 0. The predicted molar refractivity (Wildman–Crippen MR) is 199 cm³/mol. The molecule has 0 atom stereocenters.